The maximum atomic E-state index is 10.6. The number of aliphatic hydroxyl groups excluding tert-OH is 1. The van der Waals surface area contributed by atoms with Crippen LogP contribution in [0.15, 0.2) is 63.4 Å². The second-order valence-electron chi connectivity index (χ2n) is 8.80. The number of furan rings is 1. The number of aliphatic hydroxyl groups is 1. The SMILES string of the molecule is Cc1nnc(-c2cc3c(OCC(O)CN4CCC(Cc5ccccc5)CC4)cccc3o2)o1. The van der Waals surface area contributed by atoms with Crippen LogP contribution in [0.5, 0.6) is 5.75 Å². The van der Waals surface area contributed by atoms with Crippen molar-refractivity contribution in [2.45, 2.75) is 32.3 Å². The monoisotopic (exact) mass is 447 g/mol. The van der Waals surface area contributed by atoms with Crippen molar-refractivity contribution in [1.29, 1.82) is 0 Å². The Morgan fingerprint density at radius 2 is 1.88 bits per heavy atom. The zero-order valence-electron chi connectivity index (χ0n) is 18.8. The van der Waals surface area contributed by atoms with Crippen molar-refractivity contribution in [3.63, 3.8) is 0 Å². The molecule has 0 saturated carbocycles. The molecule has 1 fully saturated rings. The predicted octanol–water partition coefficient (Wildman–Crippen LogP) is 4.49. The Labute approximate surface area is 193 Å². The van der Waals surface area contributed by atoms with Gasteiger partial charge in [0.15, 0.2) is 5.76 Å². The highest BCUT2D eigenvalue weighted by atomic mass is 16.5. The number of benzene rings is 2. The molecule has 33 heavy (non-hydrogen) atoms. The summed E-state index contributed by atoms with van der Waals surface area (Å²) in [6.45, 7) is 4.60. The number of ether oxygens (including phenoxy) is 1. The summed E-state index contributed by atoms with van der Waals surface area (Å²) < 4.78 is 17.3. The summed E-state index contributed by atoms with van der Waals surface area (Å²) in [6.07, 6.45) is 2.90. The zero-order chi connectivity index (χ0) is 22.6. The van der Waals surface area contributed by atoms with E-state index in [0.29, 0.717) is 41.3 Å². The van der Waals surface area contributed by atoms with Crippen molar-refractivity contribution < 1.29 is 18.7 Å². The molecule has 3 heterocycles. The summed E-state index contributed by atoms with van der Waals surface area (Å²) in [4.78, 5) is 2.34. The average molecular weight is 448 g/mol. The van der Waals surface area contributed by atoms with E-state index in [1.807, 2.05) is 24.3 Å². The number of hydrogen-bond donors (Lipinski definition) is 1. The molecule has 0 bridgehead atoms. The molecule has 172 valence electrons. The summed E-state index contributed by atoms with van der Waals surface area (Å²) >= 11 is 0. The summed E-state index contributed by atoms with van der Waals surface area (Å²) in [6, 6.07) is 18.1. The Bertz CT molecular complexity index is 1180. The lowest BCUT2D eigenvalue weighted by Crippen LogP contribution is -2.41. The van der Waals surface area contributed by atoms with E-state index in [-0.39, 0.29) is 6.61 Å². The maximum absolute atomic E-state index is 10.6. The van der Waals surface area contributed by atoms with Crippen molar-refractivity contribution in [1.82, 2.24) is 15.1 Å². The van der Waals surface area contributed by atoms with E-state index in [2.05, 4.69) is 45.4 Å². The van der Waals surface area contributed by atoms with E-state index in [9.17, 15) is 5.11 Å². The standard InChI is InChI=1S/C26H29N3O4/c1-18-27-28-26(32-18)25-15-22-23(8-5-9-24(22)33-25)31-17-21(30)16-29-12-10-20(11-13-29)14-19-6-3-2-4-7-19/h2-9,15,20-21,30H,10-14,16-17H2,1H3. The largest absolute Gasteiger partial charge is 0.490 e. The molecule has 4 aromatic rings. The smallest absolute Gasteiger partial charge is 0.283 e. The van der Waals surface area contributed by atoms with Crippen LogP contribution in [-0.2, 0) is 6.42 Å². The molecular formula is C26H29N3O4. The van der Waals surface area contributed by atoms with Gasteiger partial charge in [0.1, 0.15) is 24.0 Å². The zero-order valence-corrected chi connectivity index (χ0v) is 18.8. The van der Waals surface area contributed by atoms with Gasteiger partial charge in [-0.25, -0.2) is 0 Å². The molecule has 5 rings (SSSR count). The third kappa shape index (κ3) is 5.26. The molecule has 0 spiro atoms. The number of fused-ring (bicyclic) bond motifs is 1. The van der Waals surface area contributed by atoms with Gasteiger partial charge in [-0.2, -0.15) is 0 Å². The minimum atomic E-state index is -0.559. The Morgan fingerprint density at radius 3 is 2.64 bits per heavy atom. The minimum absolute atomic E-state index is 0.225. The van der Waals surface area contributed by atoms with Crippen LogP contribution in [0.3, 0.4) is 0 Å². The van der Waals surface area contributed by atoms with Crippen LogP contribution in [0.1, 0.15) is 24.3 Å². The molecule has 0 amide bonds. The quantitative estimate of drug-likeness (QED) is 0.426. The molecule has 1 aliphatic heterocycles. The van der Waals surface area contributed by atoms with Gasteiger partial charge >= 0.3 is 0 Å². The highest BCUT2D eigenvalue weighted by molar-refractivity contribution is 5.87. The summed E-state index contributed by atoms with van der Waals surface area (Å²) in [7, 11) is 0. The van der Waals surface area contributed by atoms with E-state index < -0.39 is 6.10 Å². The van der Waals surface area contributed by atoms with Crippen molar-refractivity contribution in [2.24, 2.45) is 5.92 Å². The van der Waals surface area contributed by atoms with Crippen LogP contribution in [0.25, 0.3) is 22.6 Å². The lowest BCUT2D eigenvalue weighted by atomic mass is 9.90. The number of nitrogens with zero attached hydrogens (tertiary/aromatic N) is 3. The Morgan fingerprint density at radius 1 is 1.06 bits per heavy atom. The maximum Gasteiger partial charge on any atom is 0.283 e. The molecule has 2 aromatic heterocycles. The number of hydrogen-bond acceptors (Lipinski definition) is 7. The lowest BCUT2D eigenvalue weighted by molar-refractivity contribution is 0.0555. The summed E-state index contributed by atoms with van der Waals surface area (Å²) in [5.74, 6) is 2.70. The number of β-amino-alcohol motifs (C(OH)–C–C–N with tert-alkyl or cyclic N) is 1. The normalized spacial score (nSPS) is 16.3. The van der Waals surface area contributed by atoms with Crippen molar-refractivity contribution in [3.8, 4) is 17.4 Å². The van der Waals surface area contributed by atoms with Gasteiger partial charge in [-0.1, -0.05) is 36.4 Å². The highest BCUT2D eigenvalue weighted by Crippen LogP contribution is 2.33. The van der Waals surface area contributed by atoms with E-state index >= 15 is 0 Å². The first-order valence-corrected chi connectivity index (χ1v) is 11.5. The van der Waals surface area contributed by atoms with E-state index in [0.717, 1.165) is 37.7 Å². The molecule has 1 atom stereocenters. The molecule has 7 nitrogen and oxygen atoms in total. The third-order valence-electron chi connectivity index (χ3n) is 6.23. The van der Waals surface area contributed by atoms with Gasteiger partial charge < -0.3 is 23.6 Å². The number of aryl methyl sites for hydroxylation is 1. The fraction of sp³-hybridized carbons (Fsp3) is 0.385. The first-order valence-electron chi connectivity index (χ1n) is 11.5. The molecular weight excluding hydrogens is 418 g/mol. The van der Waals surface area contributed by atoms with Crippen LogP contribution in [0, 0.1) is 12.8 Å². The van der Waals surface area contributed by atoms with Crippen LogP contribution in [-0.4, -0.2) is 52.5 Å². The molecule has 0 radical (unpaired) electrons. The molecule has 1 saturated heterocycles. The first-order chi connectivity index (χ1) is 16.1. The first kappa shape index (κ1) is 21.7. The Kier molecular flexibility index (Phi) is 6.41. The fourth-order valence-corrected chi connectivity index (χ4v) is 4.52. The van der Waals surface area contributed by atoms with Crippen molar-refractivity contribution in [3.05, 3.63) is 66.1 Å². The van der Waals surface area contributed by atoms with Crippen molar-refractivity contribution >= 4 is 11.0 Å². The van der Waals surface area contributed by atoms with Crippen LogP contribution < -0.4 is 4.74 Å². The molecule has 1 N–H and O–H groups in total. The van der Waals surface area contributed by atoms with E-state index in [4.69, 9.17) is 13.6 Å². The summed E-state index contributed by atoms with van der Waals surface area (Å²) in [5, 5.41) is 19.3. The number of likely N-dealkylation sites (tertiary alicyclic amines) is 1. The lowest BCUT2D eigenvalue weighted by Gasteiger charge is -2.33. The number of aromatic nitrogens is 2. The second kappa shape index (κ2) is 9.77. The second-order valence-corrected chi connectivity index (χ2v) is 8.80. The third-order valence-corrected chi connectivity index (χ3v) is 6.23. The van der Waals surface area contributed by atoms with E-state index in [1.165, 1.54) is 5.56 Å². The van der Waals surface area contributed by atoms with Gasteiger partial charge in [-0.05, 0) is 56.0 Å². The topological polar surface area (TPSA) is 84.8 Å². The molecule has 1 aliphatic rings. The summed E-state index contributed by atoms with van der Waals surface area (Å²) in [5.41, 5.74) is 2.09. The van der Waals surface area contributed by atoms with Crippen molar-refractivity contribution in [2.75, 3.05) is 26.2 Å². The highest BCUT2D eigenvalue weighted by Gasteiger charge is 2.22. The van der Waals surface area contributed by atoms with Gasteiger partial charge in [-0.3, -0.25) is 0 Å². The van der Waals surface area contributed by atoms with E-state index in [1.54, 1.807) is 6.92 Å². The van der Waals surface area contributed by atoms with Gasteiger partial charge in [0, 0.05) is 19.5 Å². The Hall–Kier alpha value is -3.16. The van der Waals surface area contributed by atoms with Gasteiger partial charge in [-0.15, -0.1) is 10.2 Å². The molecule has 0 aliphatic carbocycles. The molecule has 2 aromatic carbocycles. The minimum Gasteiger partial charge on any atom is -0.490 e. The number of rotatable bonds is 8. The van der Waals surface area contributed by atoms with Crippen LogP contribution >= 0.6 is 0 Å². The predicted molar refractivity (Wildman–Crippen MR) is 125 cm³/mol. The number of piperidine rings is 1. The average Bonchev–Trinajstić information content (AvgIpc) is 3.46. The Balaban J connectivity index is 1.13. The van der Waals surface area contributed by atoms with Crippen LogP contribution in [0.2, 0.25) is 0 Å². The van der Waals surface area contributed by atoms with Gasteiger partial charge in [0.2, 0.25) is 5.89 Å². The van der Waals surface area contributed by atoms with Crippen LogP contribution in [0.4, 0.5) is 0 Å². The fourth-order valence-electron chi connectivity index (χ4n) is 4.52. The molecule has 1 unspecified atom stereocenters. The van der Waals surface area contributed by atoms with Gasteiger partial charge in [0.05, 0.1) is 5.39 Å². The molecule has 7 heteroatoms. The van der Waals surface area contributed by atoms with Gasteiger partial charge in [0.25, 0.3) is 5.89 Å².